The molecule has 0 unspecified atom stereocenters. The summed E-state index contributed by atoms with van der Waals surface area (Å²) in [4.78, 5) is 12.7. The Morgan fingerprint density at radius 1 is 1.00 bits per heavy atom. The molecular weight excluding hydrogens is 407 g/mol. The largest absolute Gasteiger partial charge is 0.489 e. The predicted octanol–water partition coefficient (Wildman–Crippen LogP) is 6.81. The summed E-state index contributed by atoms with van der Waals surface area (Å²) in [5, 5.41) is 0.907. The summed E-state index contributed by atoms with van der Waals surface area (Å²) in [5.41, 5.74) is 4.52. The number of ketones is 1. The van der Waals surface area contributed by atoms with Gasteiger partial charge in [0, 0.05) is 21.7 Å². The highest BCUT2D eigenvalue weighted by molar-refractivity contribution is 6.37. The smallest absolute Gasteiger partial charge is 0.231 e. The van der Waals surface area contributed by atoms with Gasteiger partial charge in [-0.3, -0.25) is 4.79 Å². The van der Waals surface area contributed by atoms with Gasteiger partial charge in [0.05, 0.1) is 5.56 Å². The van der Waals surface area contributed by atoms with E-state index in [1.165, 1.54) is 11.1 Å². The number of allylic oxidation sites excluding steroid dienone is 1. The quantitative estimate of drug-likeness (QED) is 0.431. The van der Waals surface area contributed by atoms with Crippen molar-refractivity contribution in [1.82, 2.24) is 0 Å². The topological polar surface area (TPSA) is 35.5 Å². The van der Waals surface area contributed by atoms with Crippen LogP contribution in [0.4, 0.5) is 0 Å². The Kier molecular flexibility index (Phi) is 5.35. The predicted molar refractivity (Wildman–Crippen MR) is 116 cm³/mol. The van der Waals surface area contributed by atoms with Gasteiger partial charge in [-0.05, 0) is 55.3 Å². The maximum absolute atomic E-state index is 12.7. The van der Waals surface area contributed by atoms with Crippen molar-refractivity contribution in [2.24, 2.45) is 0 Å². The summed E-state index contributed by atoms with van der Waals surface area (Å²) in [5.74, 6) is 1.07. The van der Waals surface area contributed by atoms with E-state index in [0.29, 0.717) is 39.3 Å². The standard InChI is InChI=1S/C24H18Cl2O3/c1-14-6-7-15(2)16(10-14)13-28-17-8-9-18-22(11-17)29-23(24(18)27)12-19-20(25)4-3-5-21(19)26/h3-12H,13H2,1-2H3. The molecule has 1 heterocycles. The lowest BCUT2D eigenvalue weighted by atomic mass is 10.1. The first kappa shape index (κ1) is 19.6. The highest BCUT2D eigenvalue weighted by Gasteiger charge is 2.28. The summed E-state index contributed by atoms with van der Waals surface area (Å²) in [6, 6.07) is 16.7. The Balaban J connectivity index is 1.56. The lowest BCUT2D eigenvalue weighted by molar-refractivity contribution is 0.101. The van der Waals surface area contributed by atoms with E-state index in [4.69, 9.17) is 32.7 Å². The van der Waals surface area contributed by atoms with E-state index in [1.54, 1.807) is 42.5 Å². The number of hydrogen-bond donors (Lipinski definition) is 0. The van der Waals surface area contributed by atoms with E-state index in [9.17, 15) is 4.79 Å². The number of carbonyl (C=O) groups is 1. The molecule has 0 amide bonds. The summed E-state index contributed by atoms with van der Waals surface area (Å²) in [6.07, 6.45) is 1.57. The van der Waals surface area contributed by atoms with Crippen LogP contribution >= 0.6 is 23.2 Å². The second-order valence-electron chi connectivity index (χ2n) is 6.95. The van der Waals surface area contributed by atoms with Crippen molar-refractivity contribution in [1.29, 1.82) is 0 Å². The Labute approximate surface area is 179 Å². The fourth-order valence-electron chi connectivity index (χ4n) is 3.15. The number of fused-ring (bicyclic) bond motifs is 1. The molecule has 0 radical (unpaired) electrons. The Morgan fingerprint density at radius 2 is 1.76 bits per heavy atom. The van der Waals surface area contributed by atoms with Crippen LogP contribution in [-0.2, 0) is 6.61 Å². The molecule has 1 aliphatic rings. The number of hydrogen-bond acceptors (Lipinski definition) is 3. The molecule has 0 saturated carbocycles. The van der Waals surface area contributed by atoms with Gasteiger partial charge in [0.15, 0.2) is 5.76 Å². The number of halogens is 2. The zero-order chi connectivity index (χ0) is 20.5. The minimum atomic E-state index is -0.211. The van der Waals surface area contributed by atoms with Crippen molar-refractivity contribution >= 4 is 35.1 Å². The van der Waals surface area contributed by atoms with Crippen molar-refractivity contribution in [2.45, 2.75) is 20.5 Å². The Bertz CT molecular complexity index is 1130. The van der Waals surface area contributed by atoms with Crippen molar-refractivity contribution in [2.75, 3.05) is 0 Å². The molecule has 4 rings (SSSR count). The summed E-state index contributed by atoms with van der Waals surface area (Å²) in [6.45, 7) is 4.55. The zero-order valence-corrected chi connectivity index (χ0v) is 17.5. The molecule has 3 aromatic rings. The van der Waals surface area contributed by atoms with E-state index in [0.717, 1.165) is 5.56 Å². The van der Waals surface area contributed by atoms with Gasteiger partial charge in [0.2, 0.25) is 5.78 Å². The van der Waals surface area contributed by atoms with Gasteiger partial charge in [-0.15, -0.1) is 0 Å². The van der Waals surface area contributed by atoms with Crippen molar-refractivity contribution in [3.05, 3.63) is 98.2 Å². The van der Waals surface area contributed by atoms with E-state index in [1.807, 2.05) is 0 Å². The molecule has 3 nitrogen and oxygen atoms in total. The second kappa shape index (κ2) is 7.94. The van der Waals surface area contributed by atoms with Crippen LogP contribution in [0, 0.1) is 13.8 Å². The molecule has 29 heavy (non-hydrogen) atoms. The summed E-state index contributed by atoms with van der Waals surface area (Å²) in [7, 11) is 0. The normalized spacial score (nSPS) is 14.1. The lowest BCUT2D eigenvalue weighted by Crippen LogP contribution is -1.99. The first-order valence-electron chi connectivity index (χ1n) is 9.13. The molecule has 0 spiro atoms. The molecule has 0 N–H and O–H groups in total. The SMILES string of the molecule is Cc1ccc(C)c(COc2ccc3c(c2)OC(=Cc2c(Cl)cccc2Cl)C3=O)c1. The van der Waals surface area contributed by atoms with E-state index < -0.39 is 0 Å². The Hall–Kier alpha value is -2.75. The number of carbonyl (C=O) groups excluding carboxylic acids is 1. The highest BCUT2D eigenvalue weighted by atomic mass is 35.5. The van der Waals surface area contributed by atoms with Crippen molar-refractivity contribution in [3.8, 4) is 11.5 Å². The van der Waals surface area contributed by atoms with Gasteiger partial charge in [0.1, 0.15) is 18.1 Å². The van der Waals surface area contributed by atoms with Gasteiger partial charge in [-0.2, -0.15) is 0 Å². The first-order chi connectivity index (χ1) is 13.9. The third kappa shape index (κ3) is 4.02. The number of aryl methyl sites for hydroxylation is 2. The molecule has 0 aliphatic carbocycles. The fraction of sp³-hybridized carbons (Fsp3) is 0.125. The molecule has 0 bridgehead atoms. The molecule has 0 aromatic heterocycles. The van der Waals surface area contributed by atoms with Crippen LogP contribution in [0.15, 0.2) is 60.4 Å². The number of rotatable bonds is 4. The van der Waals surface area contributed by atoms with Crippen LogP contribution in [0.25, 0.3) is 6.08 Å². The zero-order valence-electron chi connectivity index (χ0n) is 16.0. The highest BCUT2D eigenvalue weighted by Crippen LogP contribution is 2.36. The minimum absolute atomic E-state index is 0.182. The maximum Gasteiger partial charge on any atom is 0.231 e. The van der Waals surface area contributed by atoms with E-state index >= 15 is 0 Å². The van der Waals surface area contributed by atoms with Crippen molar-refractivity contribution < 1.29 is 14.3 Å². The van der Waals surface area contributed by atoms with Crippen LogP contribution < -0.4 is 9.47 Å². The second-order valence-corrected chi connectivity index (χ2v) is 7.77. The number of ether oxygens (including phenoxy) is 2. The molecule has 0 atom stereocenters. The van der Waals surface area contributed by atoms with E-state index in [2.05, 4.69) is 32.0 Å². The molecule has 1 aliphatic heterocycles. The fourth-order valence-corrected chi connectivity index (χ4v) is 3.66. The number of benzene rings is 3. The van der Waals surface area contributed by atoms with Crippen LogP contribution in [0.2, 0.25) is 10.0 Å². The molecule has 146 valence electrons. The monoisotopic (exact) mass is 424 g/mol. The van der Waals surface area contributed by atoms with Crippen LogP contribution in [0.5, 0.6) is 11.5 Å². The van der Waals surface area contributed by atoms with Gasteiger partial charge in [-0.1, -0.05) is 53.0 Å². The molecule has 3 aromatic carbocycles. The van der Waals surface area contributed by atoms with Gasteiger partial charge in [0.25, 0.3) is 0 Å². The first-order valence-corrected chi connectivity index (χ1v) is 9.89. The summed E-state index contributed by atoms with van der Waals surface area (Å²) >= 11 is 12.4. The average molecular weight is 425 g/mol. The maximum atomic E-state index is 12.7. The lowest BCUT2D eigenvalue weighted by Gasteiger charge is -2.10. The molecule has 0 saturated heterocycles. The van der Waals surface area contributed by atoms with Gasteiger partial charge < -0.3 is 9.47 Å². The number of Topliss-reactive ketones (excluding diaryl/α,β-unsaturated/α-hetero) is 1. The minimum Gasteiger partial charge on any atom is -0.489 e. The van der Waals surface area contributed by atoms with Crippen LogP contribution in [0.1, 0.15) is 32.6 Å². The Morgan fingerprint density at radius 3 is 2.52 bits per heavy atom. The van der Waals surface area contributed by atoms with Crippen LogP contribution in [0.3, 0.4) is 0 Å². The average Bonchev–Trinajstić information content (AvgIpc) is 3.00. The molecular formula is C24H18Cl2O3. The van der Waals surface area contributed by atoms with Crippen molar-refractivity contribution in [3.63, 3.8) is 0 Å². The summed E-state index contributed by atoms with van der Waals surface area (Å²) < 4.78 is 11.7. The third-order valence-corrected chi connectivity index (χ3v) is 5.47. The molecule has 5 heteroatoms. The van der Waals surface area contributed by atoms with Gasteiger partial charge >= 0.3 is 0 Å². The molecule has 0 fully saturated rings. The van der Waals surface area contributed by atoms with Crippen LogP contribution in [-0.4, -0.2) is 5.78 Å². The van der Waals surface area contributed by atoms with Gasteiger partial charge in [-0.25, -0.2) is 0 Å². The third-order valence-electron chi connectivity index (χ3n) is 4.82. The van der Waals surface area contributed by atoms with E-state index in [-0.39, 0.29) is 11.5 Å².